The van der Waals surface area contributed by atoms with Gasteiger partial charge in [0.25, 0.3) is 0 Å². The highest BCUT2D eigenvalue weighted by Gasteiger charge is 2.58. The first-order chi connectivity index (χ1) is 8.17. The van der Waals surface area contributed by atoms with Gasteiger partial charge in [-0.05, 0) is 12.5 Å². The Hall–Kier alpha value is -1.17. The Morgan fingerprint density at radius 2 is 1.78 bits per heavy atom. The van der Waals surface area contributed by atoms with Crippen LogP contribution in [0.5, 0.6) is 0 Å². The van der Waals surface area contributed by atoms with Gasteiger partial charge in [-0.15, -0.1) is 0 Å². The third-order valence-electron chi connectivity index (χ3n) is 2.55. The minimum Gasteiger partial charge on any atom is -0.377 e. The van der Waals surface area contributed by atoms with Crippen molar-refractivity contribution in [3.8, 4) is 0 Å². The van der Waals surface area contributed by atoms with Crippen LogP contribution in [0.4, 0.5) is 22.0 Å². The molecule has 0 bridgehead atoms. The van der Waals surface area contributed by atoms with Crippen LogP contribution in [0.2, 0.25) is 0 Å². The summed E-state index contributed by atoms with van der Waals surface area (Å²) < 4.78 is 67.0. The fraction of sp³-hybridized carbons (Fsp3) is 0.500. The molecule has 0 saturated carbocycles. The van der Waals surface area contributed by atoms with Crippen molar-refractivity contribution in [1.29, 1.82) is 0 Å². The monoisotopic (exact) mass is 268 g/mol. The van der Waals surface area contributed by atoms with Gasteiger partial charge in [0.05, 0.1) is 12.5 Å². The number of ether oxygens (including phenoxy) is 1. The summed E-state index contributed by atoms with van der Waals surface area (Å²) in [4.78, 5) is 0. The van der Waals surface area contributed by atoms with Gasteiger partial charge in [0.1, 0.15) is 0 Å². The van der Waals surface area contributed by atoms with E-state index in [-0.39, 0.29) is 0 Å². The molecule has 6 heteroatoms. The lowest BCUT2D eigenvalue weighted by atomic mass is 10.0. The summed E-state index contributed by atoms with van der Waals surface area (Å²) in [6.45, 7) is 1.72. The summed E-state index contributed by atoms with van der Waals surface area (Å²) in [5, 5.41) is 0. The smallest absolute Gasteiger partial charge is 0.377 e. The molecular formula is C12H13F5O. The standard InChI is InChI=1S/C12H13F5O/c1-8-4-3-5-9(6-8)10(18-2)7-11(13,14)12(15,16)17/h3-6,10H,7H2,1-2H3. The third kappa shape index (κ3) is 3.41. The molecule has 1 nitrogen and oxygen atoms in total. The van der Waals surface area contributed by atoms with E-state index >= 15 is 0 Å². The highest BCUT2D eigenvalue weighted by atomic mass is 19.4. The molecule has 0 fully saturated rings. The molecule has 0 aliphatic rings. The zero-order chi connectivity index (χ0) is 14.0. The summed E-state index contributed by atoms with van der Waals surface area (Å²) in [7, 11) is 1.11. The second-order valence-electron chi connectivity index (χ2n) is 4.04. The van der Waals surface area contributed by atoms with Gasteiger partial charge in [0.2, 0.25) is 0 Å². The number of benzene rings is 1. The van der Waals surface area contributed by atoms with Gasteiger partial charge in [-0.1, -0.05) is 29.8 Å². The number of hydrogen-bond acceptors (Lipinski definition) is 1. The molecule has 1 atom stereocenters. The van der Waals surface area contributed by atoms with Crippen molar-refractivity contribution in [3.63, 3.8) is 0 Å². The third-order valence-corrected chi connectivity index (χ3v) is 2.55. The molecule has 0 spiro atoms. The number of rotatable bonds is 4. The van der Waals surface area contributed by atoms with Crippen LogP contribution >= 0.6 is 0 Å². The topological polar surface area (TPSA) is 9.23 Å². The molecule has 0 saturated heterocycles. The zero-order valence-electron chi connectivity index (χ0n) is 9.89. The van der Waals surface area contributed by atoms with Gasteiger partial charge in [-0.3, -0.25) is 0 Å². The molecule has 1 unspecified atom stereocenters. The maximum atomic E-state index is 12.9. The number of methoxy groups -OCH3 is 1. The van der Waals surface area contributed by atoms with E-state index in [9.17, 15) is 22.0 Å². The van der Waals surface area contributed by atoms with Crippen LogP contribution in [0.15, 0.2) is 24.3 Å². The van der Waals surface area contributed by atoms with Crippen molar-refractivity contribution in [2.45, 2.75) is 31.5 Å². The van der Waals surface area contributed by atoms with E-state index in [0.717, 1.165) is 12.7 Å². The first-order valence-corrected chi connectivity index (χ1v) is 5.21. The van der Waals surface area contributed by atoms with Crippen LogP contribution in [0.1, 0.15) is 23.7 Å². The fourth-order valence-corrected chi connectivity index (χ4v) is 1.56. The van der Waals surface area contributed by atoms with Gasteiger partial charge < -0.3 is 4.74 Å². The predicted molar refractivity (Wildman–Crippen MR) is 56.5 cm³/mol. The van der Waals surface area contributed by atoms with Crippen molar-refractivity contribution in [2.24, 2.45) is 0 Å². The molecule has 0 amide bonds. The molecule has 0 heterocycles. The lowest BCUT2D eigenvalue weighted by Crippen LogP contribution is -2.38. The van der Waals surface area contributed by atoms with E-state index in [2.05, 4.69) is 0 Å². The molecule has 0 N–H and O–H groups in total. The molecule has 18 heavy (non-hydrogen) atoms. The number of halogens is 5. The highest BCUT2D eigenvalue weighted by molar-refractivity contribution is 5.24. The van der Waals surface area contributed by atoms with Gasteiger partial charge in [-0.25, -0.2) is 0 Å². The number of aryl methyl sites for hydroxylation is 1. The Kier molecular flexibility index (Phi) is 4.32. The maximum Gasteiger partial charge on any atom is 0.453 e. The second-order valence-corrected chi connectivity index (χ2v) is 4.04. The maximum absolute atomic E-state index is 12.9. The van der Waals surface area contributed by atoms with Crippen molar-refractivity contribution in [2.75, 3.05) is 7.11 Å². The number of alkyl halides is 5. The molecule has 102 valence electrons. The minimum absolute atomic E-state index is 0.307. The van der Waals surface area contributed by atoms with Crippen LogP contribution in [-0.4, -0.2) is 19.2 Å². The number of hydrogen-bond donors (Lipinski definition) is 0. The molecule has 0 aromatic heterocycles. The Bertz CT molecular complexity index is 400. The molecule has 1 aromatic rings. The zero-order valence-corrected chi connectivity index (χ0v) is 9.89. The Morgan fingerprint density at radius 1 is 1.17 bits per heavy atom. The summed E-state index contributed by atoms with van der Waals surface area (Å²) in [5.41, 5.74) is 1.08. The van der Waals surface area contributed by atoms with Crippen LogP contribution in [0.3, 0.4) is 0 Å². The first kappa shape index (κ1) is 14.9. The minimum atomic E-state index is -5.56. The molecule has 0 aliphatic carbocycles. The summed E-state index contributed by atoms with van der Waals surface area (Å²) >= 11 is 0. The van der Waals surface area contributed by atoms with Gasteiger partial charge in [0, 0.05) is 7.11 Å². The second kappa shape index (κ2) is 5.22. The van der Waals surface area contributed by atoms with Crippen molar-refractivity contribution >= 4 is 0 Å². The molecular weight excluding hydrogens is 255 g/mol. The molecule has 1 aromatic carbocycles. The average Bonchev–Trinajstić information content (AvgIpc) is 2.24. The van der Waals surface area contributed by atoms with Crippen molar-refractivity contribution in [1.82, 2.24) is 0 Å². The Morgan fingerprint density at radius 3 is 2.22 bits per heavy atom. The van der Waals surface area contributed by atoms with E-state index in [4.69, 9.17) is 4.74 Å². The SMILES string of the molecule is COC(CC(F)(F)C(F)(F)F)c1cccc(C)c1. The van der Waals surface area contributed by atoms with E-state index < -0.39 is 24.6 Å². The molecule has 0 aliphatic heterocycles. The summed E-state index contributed by atoms with van der Waals surface area (Å²) in [6.07, 6.45) is -8.27. The Balaban J connectivity index is 2.93. The van der Waals surface area contributed by atoms with Gasteiger partial charge in [-0.2, -0.15) is 22.0 Å². The van der Waals surface area contributed by atoms with Crippen LogP contribution in [-0.2, 0) is 4.74 Å². The lowest BCUT2D eigenvalue weighted by Gasteiger charge is -2.24. The Labute approximate surface area is 102 Å². The van der Waals surface area contributed by atoms with E-state index in [1.807, 2.05) is 0 Å². The van der Waals surface area contributed by atoms with E-state index in [1.165, 1.54) is 12.1 Å². The summed E-state index contributed by atoms with van der Waals surface area (Å²) in [5.74, 6) is -4.77. The average molecular weight is 268 g/mol. The fourth-order valence-electron chi connectivity index (χ4n) is 1.56. The normalized spacial score (nSPS) is 14.6. The van der Waals surface area contributed by atoms with Gasteiger partial charge >= 0.3 is 12.1 Å². The van der Waals surface area contributed by atoms with Crippen LogP contribution in [0, 0.1) is 6.92 Å². The lowest BCUT2D eigenvalue weighted by molar-refractivity contribution is -0.291. The van der Waals surface area contributed by atoms with E-state index in [0.29, 0.717) is 5.56 Å². The predicted octanol–water partition coefficient (Wildman–Crippen LogP) is 4.27. The quantitative estimate of drug-likeness (QED) is 0.741. The first-order valence-electron chi connectivity index (χ1n) is 5.21. The molecule has 1 rings (SSSR count). The van der Waals surface area contributed by atoms with Crippen molar-refractivity contribution < 1.29 is 26.7 Å². The largest absolute Gasteiger partial charge is 0.453 e. The summed E-state index contributed by atoms with van der Waals surface area (Å²) in [6, 6.07) is 6.30. The van der Waals surface area contributed by atoms with E-state index in [1.54, 1.807) is 19.1 Å². The highest BCUT2D eigenvalue weighted by Crippen LogP contribution is 2.42. The van der Waals surface area contributed by atoms with Crippen LogP contribution in [0.25, 0.3) is 0 Å². The van der Waals surface area contributed by atoms with Gasteiger partial charge in [0.15, 0.2) is 0 Å². The molecule has 0 radical (unpaired) electrons. The van der Waals surface area contributed by atoms with Crippen LogP contribution < -0.4 is 0 Å². The van der Waals surface area contributed by atoms with Crippen molar-refractivity contribution in [3.05, 3.63) is 35.4 Å².